The largest absolute Gasteiger partial charge is 0.292 e. The molecule has 240 valence electrons. The third-order valence-electron chi connectivity index (χ3n) is 9.12. The third kappa shape index (κ3) is 5.98. The molecule has 0 bridgehead atoms. The summed E-state index contributed by atoms with van der Waals surface area (Å²) >= 11 is 0. The van der Waals surface area contributed by atoms with E-state index < -0.39 is 0 Å². The van der Waals surface area contributed by atoms with E-state index in [0.29, 0.717) is 5.82 Å². The van der Waals surface area contributed by atoms with Crippen LogP contribution in [0.25, 0.3) is 84.4 Å². The molecule has 5 heteroatoms. The van der Waals surface area contributed by atoms with Crippen molar-refractivity contribution in [3.8, 4) is 73.4 Å². The van der Waals surface area contributed by atoms with E-state index >= 15 is 0 Å². The summed E-state index contributed by atoms with van der Waals surface area (Å²) in [6.07, 6.45) is 1.92. The number of pyridine rings is 1. The van der Waals surface area contributed by atoms with Gasteiger partial charge in [0.05, 0.1) is 28.1 Å². The summed E-state index contributed by atoms with van der Waals surface area (Å²) in [7, 11) is 0. The Hall–Kier alpha value is -6.98. The van der Waals surface area contributed by atoms with Crippen LogP contribution in [0.2, 0.25) is 0 Å². The zero-order valence-corrected chi connectivity index (χ0v) is 27.6. The highest BCUT2D eigenvalue weighted by Gasteiger charge is 2.15. The van der Waals surface area contributed by atoms with Gasteiger partial charge >= 0.3 is 0 Å². The molecule has 0 spiro atoms. The normalized spacial score (nSPS) is 11.1. The number of rotatable bonds is 7. The molecule has 0 atom stereocenters. The van der Waals surface area contributed by atoms with Crippen molar-refractivity contribution in [1.82, 2.24) is 24.5 Å². The Bertz CT molecular complexity index is 2520. The van der Waals surface area contributed by atoms with Gasteiger partial charge in [-0.2, -0.15) is 0 Å². The number of aromatic nitrogens is 5. The van der Waals surface area contributed by atoms with Crippen molar-refractivity contribution >= 4 is 11.0 Å². The van der Waals surface area contributed by atoms with Crippen molar-refractivity contribution < 1.29 is 0 Å². The van der Waals surface area contributed by atoms with Gasteiger partial charge in [-0.05, 0) is 53.6 Å². The van der Waals surface area contributed by atoms with Crippen LogP contribution in [0.4, 0.5) is 0 Å². The fraction of sp³-hybridized carbons (Fsp3) is 0. The zero-order valence-electron chi connectivity index (χ0n) is 27.6. The van der Waals surface area contributed by atoms with Crippen LogP contribution in [0.3, 0.4) is 0 Å². The molecule has 51 heavy (non-hydrogen) atoms. The maximum atomic E-state index is 4.98. The van der Waals surface area contributed by atoms with E-state index in [0.717, 1.165) is 78.6 Å². The molecule has 5 nitrogen and oxygen atoms in total. The number of hydrogen-bond acceptors (Lipinski definition) is 4. The lowest BCUT2D eigenvalue weighted by atomic mass is 10.00. The van der Waals surface area contributed by atoms with Crippen LogP contribution < -0.4 is 0 Å². The summed E-state index contributed by atoms with van der Waals surface area (Å²) in [5.74, 6) is 1.58. The lowest BCUT2D eigenvalue weighted by molar-refractivity contribution is 1.10. The van der Waals surface area contributed by atoms with Crippen LogP contribution in [-0.4, -0.2) is 24.5 Å². The minimum absolute atomic E-state index is 0.711. The van der Waals surface area contributed by atoms with Crippen molar-refractivity contribution in [2.45, 2.75) is 0 Å². The Morgan fingerprint density at radius 3 is 1.45 bits per heavy atom. The molecule has 0 amide bonds. The predicted molar refractivity (Wildman–Crippen MR) is 207 cm³/mol. The van der Waals surface area contributed by atoms with Gasteiger partial charge in [0.2, 0.25) is 0 Å². The third-order valence-corrected chi connectivity index (χ3v) is 9.12. The standard InChI is InChI=1S/C46H31N5/c1-4-12-34(13-5-1)42-30-43(49-45(48-42)37-14-6-2-7-15-37)36-26-22-33(23-27-36)32-20-24-35(25-21-32)40-29-28-38(31-47-40)46-50-41-18-10-11-19-44(41)51(46)39-16-8-3-9-17-39/h1-31H. The quantitative estimate of drug-likeness (QED) is 0.172. The highest BCUT2D eigenvalue weighted by molar-refractivity contribution is 5.83. The Morgan fingerprint density at radius 2 is 0.843 bits per heavy atom. The van der Waals surface area contributed by atoms with Gasteiger partial charge in [0.1, 0.15) is 5.82 Å². The number of para-hydroxylation sites is 3. The molecule has 6 aromatic carbocycles. The molecule has 0 aliphatic rings. The predicted octanol–water partition coefficient (Wildman–Crippen LogP) is 11.2. The van der Waals surface area contributed by atoms with Gasteiger partial charge in [-0.3, -0.25) is 9.55 Å². The van der Waals surface area contributed by atoms with Crippen LogP contribution in [-0.2, 0) is 0 Å². The average molecular weight is 654 g/mol. The topological polar surface area (TPSA) is 56.5 Å². The van der Waals surface area contributed by atoms with Crippen LogP contribution in [0, 0.1) is 0 Å². The summed E-state index contributed by atoms with van der Waals surface area (Å²) < 4.78 is 2.20. The Labute approximate surface area is 296 Å². The second-order valence-electron chi connectivity index (χ2n) is 12.4. The first-order valence-corrected chi connectivity index (χ1v) is 17.0. The Balaban J connectivity index is 0.981. The molecule has 3 heterocycles. The van der Waals surface area contributed by atoms with Gasteiger partial charge in [-0.15, -0.1) is 0 Å². The first kappa shape index (κ1) is 30.1. The summed E-state index contributed by atoms with van der Waals surface area (Å²) in [6, 6.07) is 62.4. The van der Waals surface area contributed by atoms with Gasteiger partial charge in [-0.1, -0.05) is 140 Å². The fourth-order valence-corrected chi connectivity index (χ4v) is 6.49. The maximum absolute atomic E-state index is 4.98. The summed E-state index contributed by atoms with van der Waals surface area (Å²) in [5.41, 5.74) is 13.2. The van der Waals surface area contributed by atoms with Crippen LogP contribution in [0.1, 0.15) is 0 Å². The molecule has 0 saturated heterocycles. The van der Waals surface area contributed by atoms with E-state index in [9.17, 15) is 0 Å². The van der Waals surface area contributed by atoms with E-state index in [4.69, 9.17) is 19.9 Å². The minimum Gasteiger partial charge on any atom is -0.292 e. The number of benzene rings is 6. The van der Waals surface area contributed by atoms with E-state index in [-0.39, 0.29) is 0 Å². The Morgan fingerprint density at radius 1 is 0.353 bits per heavy atom. The highest BCUT2D eigenvalue weighted by Crippen LogP contribution is 2.32. The van der Waals surface area contributed by atoms with Crippen LogP contribution in [0.15, 0.2) is 188 Å². The molecule has 0 saturated carbocycles. The van der Waals surface area contributed by atoms with E-state index in [1.165, 1.54) is 0 Å². The summed E-state index contributed by atoms with van der Waals surface area (Å²) in [4.78, 5) is 19.8. The molecule has 0 N–H and O–H groups in total. The molecule has 9 aromatic rings. The van der Waals surface area contributed by atoms with Crippen molar-refractivity contribution in [2.24, 2.45) is 0 Å². The van der Waals surface area contributed by atoms with Gasteiger partial charge in [0.25, 0.3) is 0 Å². The van der Waals surface area contributed by atoms with E-state index in [1.807, 2.05) is 72.9 Å². The first-order chi connectivity index (χ1) is 25.3. The van der Waals surface area contributed by atoms with Crippen LogP contribution >= 0.6 is 0 Å². The fourth-order valence-electron chi connectivity index (χ4n) is 6.49. The molecule has 3 aromatic heterocycles. The van der Waals surface area contributed by atoms with Gasteiger partial charge < -0.3 is 0 Å². The summed E-state index contributed by atoms with van der Waals surface area (Å²) in [5, 5.41) is 0. The van der Waals surface area contributed by atoms with Crippen LogP contribution in [0.5, 0.6) is 0 Å². The van der Waals surface area contributed by atoms with Gasteiger partial charge in [-0.25, -0.2) is 15.0 Å². The molecule has 0 unspecified atom stereocenters. The molecule has 0 aliphatic carbocycles. The second-order valence-corrected chi connectivity index (χ2v) is 12.4. The molecular formula is C46H31N5. The molecule has 9 rings (SSSR count). The van der Waals surface area contributed by atoms with Gasteiger partial charge in [0, 0.05) is 39.7 Å². The molecular weight excluding hydrogens is 623 g/mol. The van der Waals surface area contributed by atoms with Crippen molar-refractivity contribution in [3.63, 3.8) is 0 Å². The number of nitrogens with zero attached hydrogens (tertiary/aromatic N) is 5. The SMILES string of the molecule is c1ccc(-c2cc(-c3ccc(-c4ccc(-c5ccc(-c6nc7ccccc7n6-c6ccccc6)cn5)cc4)cc3)nc(-c3ccccc3)n2)cc1. The second kappa shape index (κ2) is 13.1. The molecule has 0 aliphatic heterocycles. The van der Waals surface area contributed by atoms with E-state index in [1.54, 1.807) is 0 Å². The first-order valence-electron chi connectivity index (χ1n) is 17.0. The summed E-state index contributed by atoms with van der Waals surface area (Å²) in [6.45, 7) is 0. The number of imidazole rings is 1. The smallest absolute Gasteiger partial charge is 0.160 e. The average Bonchev–Trinajstić information content (AvgIpc) is 3.62. The van der Waals surface area contributed by atoms with Crippen molar-refractivity contribution in [3.05, 3.63) is 188 Å². The number of fused-ring (bicyclic) bond motifs is 1. The molecule has 0 fully saturated rings. The highest BCUT2D eigenvalue weighted by atomic mass is 15.1. The maximum Gasteiger partial charge on any atom is 0.160 e. The number of hydrogen-bond donors (Lipinski definition) is 0. The molecule has 0 radical (unpaired) electrons. The van der Waals surface area contributed by atoms with Crippen molar-refractivity contribution in [2.75, 3.05) is 0 Å². The Kier molecular flexibility index (Phi) is 7.76. The van der Waals surface area contributed by atoms with E-state index in [2.05, 4.69) is 120 Å². The van der Waals surface area contributed by atoms with Crippen molar-refractivity contribution in [1.29, 1.82) is 0 Å². The van der Waals surface area contributed by atoms with Gasteiger partial charge in [0.15, 0.2) is 5.82 Å². The monoisotopic (exact) mass is 653 g/mol. The zero-order chi connectivity index (χ0) is 34.0. The lowest BCUT2D eigenvalue weighted by Gasteiger charge is -2.11. The minimum atomic E-state index is 0.711. The lowest BCUT2D eigenvalue weighted by Crippen LogP contribution is -1.97.